The Morgan fingerprint density at radius 2 is 2.09 bits per heavy atom. The number of rotatable bonds is 2. The van der Waals surface area contributed by atoms with E-state index in [-0.39, 0.29) is 16.7 Å². The molecule has 1 unspecified atom stereocenters. The van der Waals surface area contributed by atoms with Gasteiger partial charge >= 0.3 is 17.6 Å². The molecule has 2 aromatic rings. The molecule has 1 aromatic carbocycles. The molecule has 118 valence electrons. The third kappa shape index (κ3) is 2.22. The molecule has 0 radical (unpaired) electrons. The maximum atomic E-state index is 13.4. The van der Waals surface area contributed by atoms with Crippen LogP contribution in [-0.2, 0) is 9.47 Å². The number of carbonyl (C=O) groups excluding carboxylic acids is 2. The first kappa shape index (κ1) is 14.7. The molecule has 0 fully saturated rings. The molecule has 1 aliphatic heterocycles. The first-order chi connectivity index (χ1) is 10.9. The smallest absolute Gasteiger partial charge is 0.341 e. The van der Waals surface area contributed by atoms with Crippen molar-refractivity contribution in [2.24, 2.45) is 0 Å². The van der Waals surface area contributed by atoms with Crippen LogP contribution in [0.3, 0.4) is 0 Å². The highest BCUT2D eigenvalue weighted by atomic mass is 19.1. The molecule has 1 atom stereocenters. The molecule has 8 nitrogen and oxygen atoms in total. The van der Waals surface area contributed by atoms with Crippen LogP contribution in [0.5, 0.6) is 0 Å². The maximum absolute atomic E-state index is 13.4. The number of hydrogen-bond acceptors (Lipinski definition) is 6. The van der Waals surface area contributed by atoms with Crippen molar-refractivity contribution in [3.05, 3.63) is 67.7 Å². The number of ether oxygens (including phenoxy) is 2. The number of aromatic amines is 1. The van der Waals surface area contributed by atoms with E-state index in [1.54, 1.807) is 4.98 Å². The van der Waals surface area contributed by atoms with Crippen LogP contribution in [-0.4, -0.2) is 28.6 Å². The molecule has 0 saturated heterocycles. The lowest BCUT2D eigenvalue weighted by Crippen LogP contribution is -2.34. The van der Waals surface area contributed by atoms with E-state index in [2.05, 4.69) is 4.74 Å². The second-order valence-corrected chi connectivity index (χ2v) is 4.66. The zero-order valence-corrected chi connectivity index (χ0v) is 11.7. The van der Waals surface area contributed by atoms with Crippen LogP contribution in [0.4, 0.5) is 4.39 Å². The van der Waals surface area contributed by atoms with Crippen LogP contribution in [0, 0.1) is 5.82 Å². The number of H-pyrrole nitrogens is 1. The molecule has 0 spiro atoms. The highest BCUT2D eigenvalue weighted by molar-refractivity contribution is 6.05. The average Bonchev–Trinajstić information content (AvgIpc) is 2.87. The number of aromatic nitrogens is 2. The van der Waals surface area contributed by atoms with Crippen molar-refractivity contribution in [3.8, 4) is 0 Å². The quantitative estimate of drug-likeness (QED) is 0.791. The van der Waals surface area contributed by atoms with Gasteiger partial charge in [-0.3, -0.25) is 14.3 Å². The summed E-state index contributed by atoms with van der Waals surface area (Å²) in [6, 6.07) is 4.28. The van der Waals surface area contributed by atoms with E-state index in [1.807, 2.05) is 0 Å². The molecular weight excluding hydrogens is 311 g/mol. The summed E-state index contributed by atoms with van der Waals surface area (Å²) in [7, 11) is 1.15. The summed E-state index contributed by atoms with van der Waals surface area (Å²) in [6.07, 6.45) is -0.653. The van der Waals surface area contributed by atoms with Crippen LogP contribution in [0.1, 0.15) is 32.5 Å². The van der Waals surface area contributed by atoms with E-state index in [9.17, 15) is 23.6 Å². The van der Waals surface area contributed by atoms with E-state index in [4.69, 9.17) is 4.74 Å². The lowest BCUT2D eigenvalue weighted by molar-refractivity contribution is 0.0303. The van der Waals surface area contributed by atoms with Crippen molar-refractivity contribution in [2.45, 2.75) is 6.23 Å². The first-order valence-electron chi connectivity index (χ1n) is 6.37. The van der Waals surface area contributed by atoms with Gasteiger partial charge in [0.15, 0.2) is 0 Å². The number of hydrogen-bond donors (Lipinski definition) is 1. The highest BCUT2D eigenvalue weighted by Crippen LogP contribution is 2.33. The summed E-state index contributed by atoms with van der Waals surface area (Å²) in [5, 5.41) is 0. The Kier molecular flexibility index (Phi) is 3.32. The number of fused-ring (bicyclic) bond motifs is 1. The summed E-state index contributed by atoms with van der Waals surface area (Å²) in [6.45, 7) is 0. The van der Waals surface area contributed by atoms with Gasteiger partial charge in [0.2, 0.25) is 12.0 Å². The predicted octanol–water partition coefficient (Wildman–Crippen LogP) is 0.180. The summed E-state index contributed by atoms with van der Waals surface area (Å²) in [5.41, 5.74) is -2.05. The zero-order valence-electron chi connectivity index (χ0n) is 11.7. The molecule has 0 amide bonds. The third-order valence-electron chi connectivity index (χ3n) is 3.37. The molecule has 2 heterocycles. The van der Waals surface area contributed by atoms with Crippen molar-refractivity contribution in [2.75, 3.05) is 7.11 Å². The number of nitrogens with zero attached hydrogens (tertiary/aromatic N) is 1. The molecule has 23 heavy (non-hydrogen) atoms. The van der Waals surface area contributed by atoms with Crippen molar-refractivity contribution in [1.29, 1.82) is 0 Å². The highest BCUT2D eigenvalue weighted by Gasteiger charge is 2.37. The number of cyclic esters (lactones) is 1. The largest absolute Gasteiger partial charge is 0.465 e. The van der Waals surface area contributed by atoms with Crippen LogP contribution < -0.4 is 11.2 Å². The van der Waals surface area contributed by atoms with Gasteiger partial charge in [-0.2, -0.15) is 4.39 Å². The monoisotopic (exact) mass is 320 g/mol. The van der Waals surface area contributed by atoms with Crippen LogP contribution in [0.15, 0.2) is 34.0 Å². The average molecular weight is 320 g/mol. The Morgan fingerprint density at radius 3 is 2.78 bits per heavy atom. The van der Waals surface area contributed by atoms with Gasteiger partial charge in [-0.1, -0.05) is 12.1 Å². The van der Waals surface area contributed by atoms with Gasteiger partial charge in [0, 0.05) is 5.56 Å². The Morgan fingerprint density at radius 1 is 1.35 bits per heavy atom. The van der Waals surface area contributed by atoms with Crippen LogP contribution in [0.25, 0.3) is 0 Å². The van der Waals surface area contributed by atoms with Gasteiger partial charge in [0.05, 0.1) is 24.4 Å². The lowest BCUT2D eigenvalue weighted by Gasteiger charge is -2.13. The third-order valence-corrected chi connectivity index (χ3v) is 3.37. The van der Waals surface area contributed by atoms with Crippen molar-refractivity contribution >= 4 is 11.9 Å². The Balaban J connectivity index is 2.21. The van der Waals surface area contributed by atoms with E-state index < -0.39 is 35.2 Å². The predicted molar refractivity (Wildman–Crippen MR) is 72.6 cm³/mol. The molecule has 3 rings (SSSR count). The van der Waals surface area contributed by atoms with Gasteiger partial charge in [-0.25, -0.2) is 14.4 Å². The normalized spacial score (nSPS) is 15.9. The zero-order chi connectivity index (χ0) is 16.7. The fraction of sp³-hybridized carbons (Fsp3) is 0.143. The molecule has 0 aliphatic carbocycles. The molecule has 0 saturated carbocycles. The molecule has 1 aliphatic rings. The second-order valence-electron chi connectivity index (χ2n) is 4.66. The van der Waals surface area contributed by atoms with Gasteiger partial charge in [-0.05, 0) is 6.07 Å². The van der Waals surface area contributed by atoms with Gasteiger partial charge < -0.3 is 9.47 Å². The first-order valence-corrected chi connectivity index (χ1v) is 6.37. The fourth-order valence-electron chi connectivity index (χ4n) is 2.35. The molecule has 0 bridgehead atoms. The van der Waals surface area contributed by atoms with Crippen molar-refractivity contribution in [3.63, 3.8) is 0 Å². The van der Waals surface area contributed by atoms with Gasteiger partial charge in [0.1, 0.15) is 0 Å². The van der Waals surface area contributed by atoms with Crippen LogP contribution in [0.2, 0.25) is 0 Å². The Labute approximate surface area is 127 Å². The molecular formula is C14H9FN2O6. The van der Waals surface area contributed by atoms with Crippen LogP contribution >= 0.6 is 0 Å². The van der Waals surface area contributed by atoms with Gasteiger partial charge in [0.25, 0.3) is 5.56 Å². The van der Waals surface area contributed by atoms with Gasteiger partial charge in [-0.15, -0.1) is 0 Å². The minimum Gasteiger partial charge on any atom is -0.465 e. The number of benzene rings is 1. The Bertz CT molecular complexity index is 945. The fourth-order valence-corrected chi connectivity index (χ4v) is 2.35. The number of methoxy groups -OCH3 is 1. The summed E-state index contributed by atoms with van der Waals surface area (Å²) >= 11 is 0. The molecule has 1 aromatic heterocycles. The van der Waals surface area contributed by atoms with E-state index in [0.29, 0.717) is 6.20 Å². The SMILES string of the molecule is COC(=O)c1cccc2c1C(=O)OC2n1cc(F)c(=O)[nH]c1=O. The molecule has 1 N–H and O–H groups in total. The lowest BCUT2D eigenvalue weighted by atomic mass is 10.0. The number of esters is 2. The Hall–Kier alpha value is -3.23. The maximum Gasteiger partial charge on any atom is 0.341 e. The van der Waals surface area contributed by atoms with E-state index in [1.165, 1.54) is 18.2 Å². The number of carbonyl (C=O) groups is 2. The number of nitrogens with one attached hydrogen (secondary N) is 1. The van der Waals surface area contributed by atoms with E-state index in [0.717, 1.165) is 11.7 Å². The van der Waals surface area contributed by atoms with Crippen molar-refractivity contribution < 1.29 is 23.5 Å². The second kappa shape index (κ2) is 5.20. The standard InChI is InChI=1S/C14H9FN2O6/c1-22-12(19)7-4-2-3-6-9(7)13(20)23-11(6)17-5-8(15)10(18)16-14(17)21/h2-5,11H,1H3,(H,16,18,21). The minimum absolute atomic E-state index is 0.0320. The summed E-state index contributed by atoms with van der Waals surface area (Å²) < 4.78 is 23.8. The summed E-state index contributed by atoms with van der Waals surface area (Å²) in [5.74, 6) is -2.82. The summed E-state index contributed by atoms with van der Waals surface area (Å²) in [4.78, 5) is 48.5. The number of halogens is 1. The minimum atomic E-state index is -1.29. The topological polar surface area (TPSA) is 107 Å². The van der Waals surface area contributed by atoms with Crippen molar-refractivity contribution in [1.82, 2.24) is 9.55 Å². The van der Waals surface area contributed by atoms with E-state index >= 15 is 0 Å². The molecule has 9 heteroatoms.